The molecule has 0 aromatic carbocycles. The van der Waals surface area contributed by atoms with E-state index >= 15 is 0 Å². The van der Waals surface area contributed by atoms with Crippen molar-refractivity contribution in [3.05, 3.63) is 0 Å². The van der Waals surface area contributed by atoms with Crippen molar-refractivity contribution in [2.75, 3.05) is 19.6 Å². The molecule has 0 aliphatic rings. The van der Waals surface area contributed by atoms with Gasteiger partial charge in [0.1, 0.15) is 0 Å². The zero-order chi connectivity index (χ0) is 9.56. The van der Waals surface area contributed by atoms with E-state index in [-0.39, 0.29) is 0 Å². The van der Waals surface area contributed by atoms with Crippen molar-refractivity contribution in [2.24, 2.45) is 17.8 Å². The SMILES string of the molecule is COCC(C)C(CCl)CC(C)C. The van der Waals surface area contributed by atoms with Crippen molar-refractivity contribution in [1.29, 1.82) is 0 Å². The Hall–Kier alpha value is 0.250. The summed E-state index contributed by atoms with van der Waals surface area (Å²) in [5.41, 5.74) is 0. The number of methoxy groups -OCH3 is 1. The van der Waals surface area contributed by atoms with Crippen LogP contribution in [0.1, 0.15) is 27.2 Å². The molecule has 0 aliphatic carbocycles. The van der Waals surface area contributed by atoms with Crippen LogP contribution >= 0.6 is 11.6 Å². The Morgan fingerprint density at radius 2 is 1.83 bits per heavy atom. The van der Waals surface area contributed by atoms with Gasteiger partial charge in [0.2, 0.25) is 0 Å². The van der Waals surface area contributed by atoms with E-state index in [9.17, 15) is 0 Å². The Morgan fingerprint density at radius 1 is 1.25 bits per heavy atom. The van der Waals surface area contributed by atoms with Gasteiger partial charge in [0.15, 0.2) is 0 Å². The molecule has 1 nitrogen and oxygen atoms in total. The summed E-state index contributed by atoms with van der Waals surface area (Å²) < 4.78 is 5.11. The van der Waals surface area contributed by atoms with Crippen LogP contribution in [0.15, 0.2) is 0 Å². The molecule has 0 heterocycles. The van der Waals surface area contributed by atoms with E-state index in [1.807, 2.05) is 0 Å². The lowest BCUT2D eigenvalue weighted by molar-refractivity contribution is 0.128. The molecule has 2 unspecified atom stereocenters. The number of hydrogen-bond acceptors (Lipinski definition) is 1. The summed E-state index contributed by atoms with van der Waals surface area (Å²) in [5, 5.41) is 0. The molecule has 0 aromatic rings. The summed E-state index contributed by atoms with van der Waals surface area (Å²) in [6, 6.07) is 0. The second-order valence-electron chi connectivity index (χ2n) is 3.98. The molecule has 74 valence electrons. The fourth-order valence-corrected chi connectivity index (χ4v) is 1.88. The van der Waals surface area contributed by atoms with E-state index < -0.39 is 0 Å². The molecule has 0 N–H and O–H groups in total. The van der Waals surface area contributed by atoms with Gasteiger partial charge in [-0.05, 0) is 24.2 Å². The van der Waals surface area contributed by atoms with Gasteiger partial charge >= 0.3 is 0 Å². The molecule has 12 heavy (non-hydrogen) atoms. The minimum atomic E-state index is 0.579. The molecule has 0 fully saturated rings. The van der Waals surface area contributed by atoms with E-state index in [0.717, 1.165) is 18.4 Å². The van der Waals surface area contributed by atoms with Crippen LogP contribution < -0.4 is 0 Å². The Labute approximate surface area is 81.4 Å². The third-order valence-corrected chi connectivity index (χ3v) is 2.60. The van der Waals surface area contributed by atoms with Crippen molar-refractivity contribution in [3.8, 4) is 0 Å². The normalized spacial score (nSPS) is 16.5. The van der Waals surface area contributed by atoms with E-state index in [1.54, 1.807) is 7.11 Å². The van der Waals surface area contributed by atoms with Gasteiger partial charge in [-0.1, -0.05) is 20.8 Å². The molecule has 0 saturated heterocycles. The maximum atomic E-state index is 5.89. The van der Waals surface area contributed by atoms with Gasteiger partial charge in [-0.15, -0.1) is 11.6 Å². The lowest BCUT2D eigenvalue weighted by Crippen LogP contribution is -2.19. The standard InChI is InChI=1S/C10H21ClO/c1-8(2)5-10(6-11)9(3)7-12-4/h8-10H,5-7H2,1-4H3. The molecule has 0 aliphatic heterocycles. The zero-order valence-electron chi connectivity index (χ0n) is 8.64. The summed E-state index contributed by atoms with van der Waals surface area (Å²) in [6.07, 6.45) is 1.20. The summed E-state index contributed by atoms with van der Waals surface area (Å²) in [6.45, 7) is 7.50. The summed E-state index contributed by atoms with van der Waals surface area (Å²) in [7, 11) is 1.75. The quantitative estimate of drug-likeness (QED) is 0.588. The third kappa shape index (κ3) is 5.00. The molecule has 0 radical (unpaired) electrons. The maximum absolute atomic E-state index is 5.89. The molecule has 0 amide bonds. The van der Waals surface area contributed by atoms with Crippen LogP contribution in [-0.2, 0) is 4.74 Å². The molecule has 2 atom stereocenters. The number of alkyl halides is 1. The highest BCUT2D eigenvalue weighted by Gasteiger charge is 2.17. The van der Waals surface area contributed by atoms with E-state index in [4.69, 9.17) is 16.3 Å². The monoisotopic (exact) mass is 192 g/mol. The molecular formula is C10H21ClO. The molecule has 0 bridgehead atoms. The van der Waals surface area contributed by atoms with Gasteiger partial charge in [-0.25, -0.2) is 0 Å². The van der Waals surface area contributed by atoms with Gasteiger partial charge in [0, 0.05) is 19.6 Å². The van der Waals surface area contributed by atoms with Crippen molar-refractivity contribution in [3.63, 3.8) is 0 Å². The molecule has 0 spiro atoms. The highest BCUT2D eigenvalue weighted by atomic mass is 35.5. The lowest BCUT2D eigenvalue weighted by Gasteiger charge is -2.22. The Bertz CT molecular complexity index is 104. The van der Waals surface area contributed by atoms with Gasteiger partial charge in [-0.2, -0.15) is 0 Å². The first-order valence-corrected chi connectivity index (χ1v) is 5.20. The predicted molar refractivity (Wildman–Crippen MR) is 54.7 cm³/mol. The lowest BCUT2D eigenvalue weighted by atomic mass is 9.88. The highest BCUT2D eigenvalue weighted by Crippen LogP contribution is 2.21. The topological polar surface area (TPSA) is 9.23 Å². The molecular weight excluding hydrogens is 172 g/mol. The Kier molecular flexibility index (Phi) is 6.87. The summed E-state index contributed by atoms with van der Waals surface area (Å²) in [4.78, 5) is 0. The first kappa shape index (κ1) is 12.2. The third-order valence-electron chi connectivity index (χ3n) is 2.21. The van der Waals surface area contributed by atoms with E-state index in [1.165, 1.54) is 6.42 Å². The van der Waals surface area contributed by atoms with Crippen LogP contribution in [0.2, 0.25) is 0 Å². The second-order valence-corrected chi connectivity index (χ2v) is 4.29. The van der Waals surface area contributed by atoms with E-state index in [2.05, 4.69) is 20.8 Å². The molecule has 0 saturated carbocycles. The average molecular weight is 193 g/mol. The van der Waals surface area contributed by atoms with Crippen LogP contribution in [0.4, 0.5) is 0 Å². The zero-order valence-corrected chi connectivity index (χ0v) is 9.40. The van der Waals surface area contributed by atoms with Crippen LogP contribution in [-0.4, -0.2) is 19.6 Å². The van der Waals surface area contributed by atoms with Crippen LogP contribution in [0.25, 0.3) is 0 Å². The minimum Gasteiger partial charge on any atom is -0.384 e. The van der Waals surface area contributed by atoms with Crippen molar-refractivity contribution in [2.45, 2.75) is 27.2 Å². The fourth-order valence-electron chi connectivity index (χ4n) is 1.45. The highest BCUT2D eigenvalue weighted by molar-refractivity contribution is 6.18. The summed E-state index contributed by atoms with van der Waals surface area (Å²) >= 11 is 5.89. The first-order chi connectivity index (χ1) is 5.61. The van der Waals surface area contributed by atoms with Crippen LogP contribution in [0, 0.1) is 17.8 Å². The molecule has 2 heteroatoms. The van der Waals surface area contributed by atoms with Gasteiger partial charge in [-0.3, -0.25) is 0 Å². The van der Waals surface area contributed by atoms with Gasteiger partial charge in [0.05, 0.1) is 0 Å². The summed E-state index contributed by atoms with van der Waals surface area (Å²) in [5.74, 6) is 2.66. The van der Waals surface area contributed by atoms with Crippen molar-refractivity contribution < 1.29 is 4.74 Å². The van der Waals surface area contributed by atoms with Crippen molar-refractivity contribution >= 4 is 11.6 Å². The average Bonchev–Trinajstić information content (AvgIpc) is 2.00. The predicted octanol–water partition coefficient (Wildman–Crippen LogP) is 3.17. The number of hydrogen-bond donors (Lipinski definition) is 0. The van der Waals surface area contributed by atoms with Crippen molar-refractivity contribution in [1.82, 2.24) is 0 Å². The molecule has 0 aromatic heterocycles. The largest absolute Gasteiger partial charge is 0.384 e. The van der Waals surface area contributed by atoms with Crippen LogP contribution in [0.3, 0.4) is 0 Å². The van der Waals surface area contributed by atoms with E-state index in [0.29, 0.717) is 11.8 Å². The van der Waals surface area contributed by atoms with Gasteiger partial charge < -0.3 is 4.74 Å². The Balaban J connectivity index is 3.78. The Morgan fingerprint density at radius 3 is 2.17 bits per heavy atom. The molecule has 0 rings (SSSR count). The second kappa shape index (κ2) is 6.73. The van der Waals surface area contributed by atoms with Gasteiger partial charge in [0.25, 0.3) is 0 Å². The fraction of sp³-hybridized carbons (Fsp3) is 1.00. The number of halogens is 1. The smallest absolute Gasteiger partial charge is 0.0490 e. The number of rotatable bonds is 6. The minimum absolute atomic E-state index is 0.579. The van der Waals surface area contributed by atoms with Crippen LogP contribution in [0.5, 0.6) is 0 Å². The first-order valence-electron chi connectivity index (χ1n) is 4.66. The maximum Gasteiger partial charge on any atom is 0.0490 e. The number of ether oxygens (including phenoxy) is 1.